The maximum Gasteiger partial charge on any atom is 0.0640 e. The molecule has 90 valence electrons. The van der Waals surface area contributed by atoms with Gasteiger partial charge in [0.2, 0.25) is 0 Å². The molecule has 0 aromatic heterocycles. The van der Waals surface area contributed by atoms with Gasteiger partial charge in [0.15, 0.2) is 0 Å². The zero-order valence-corrected chi connectivity index (χ0v) is 10.1. The maximum atomic E-state index is 8.76. The van der Waals surface area contributed by atoms with Crippen LogP contribution in [0.1, 0.15) is 6.42 Å². The Labute approximate surface area is 107 Å². The second-order valence-corrected chi connectivity index (χ2v) is 3.99. The zero-order chi connectivity index (χ0) is 12.8. The van der Waals surface area contributed by atoms with Crippen LogP contribution >= 0.6 is 0 Å². The monoisotopic (exact) mass is 237 g/mol. The number of hydrogen-bond donors (Lipinski definition) is 1. The molecular weight excluding hydrogens is 222 g/mol. The summed E-state index contributed by atoms with van der Waals surface area (Å²) >= 11 is 0. The Bertz CT molecular complexity index is 543. The van der Waals surface area contributed by atoms with Gasteiger partial charge >= 0.3 is 0 Å². The smallest absolute Gasteiger partial charge is 0.0640 e. The summed E-state index contributed by atoms with van der Waals surface area (Å²) in [5.41, 5.74) is 8.62. The van der Waals surface area contributed by atoms with Crippen molar-refractivity contribution in [3.63, 3.8) is 0 Å². The van der Waals surface area contributed by atoms with Crippen molar-refractivity contribution >= 4 is 17.1 Å². The summed E-state index contributed by atoms with van der Waals surface area (Å²) in [6, 6.07) is 19.9. The van der Waals surface area contributed by atoms with Crippen molar-refractivity contribution in [1.29, 1.82) is 5.26 Å². The summed E-state index contributed by atoms with van der Waals surface area (Å²) in [4.78, 5) is 2.10. The lowest BCUT2D eigenvalue weighted by atomic mass is 10.2. The highest BCUT2D eigenvalue weighted by Crippen LogP contribution is 2.26. The SMILES string of the molecule is N#CCCN(c1ccccc1)c1cccc(N)c1. The van der Waals surface area contributed by atoms with Gasteiger partial charge in [0, 0.05) is 23.6 Å². The molecule has 0 bridgehead atoms. The van der Waals surface area contributed by atoms with E-state index in [0.717, 1.165) is 17.1 Å². The molecule has 2 N–H and O–H groups in total. The van der Waals surface area contributed by atoms with Gasteiger partial charge in [0.05, 0.1) is 12.5 Å². The van der Waals surface area contributed by atoms with Crippen molar-refractivity contribution < 1.29 is 0 Å². The van der Waals surface area contributed by atoms with Gasteiger partial charge in [-0.1, -0.05) is 24.3 Å². The molecule has 0 atom stereocenters. The first-order chi connectivity index (χ1) is 8.81. The summed E-state index contributed by atoms with van der Waals surface area (Å²) in [6.45, 7) is 0.657. The van der Waals surface area contributed by atoms with E-state index in [-0.39, 0.29) is 0 Å². The number of para-hydroxylation sites is 1. The van der Waals surface area contributed by atoms with Crippen molar-refractivity contribution in [3.8, 4) is 6.07 Å². The zero-order valence-electron chi connectivity index (χ0n) is 10.1. The number of benzene rings is 2. The van der Waals surface area contributed by atoms with Crippen LogP contribution in [0, 0.1) is 11.3 Å². The minimum Gasteiger partial charge on any atom is -0.399 e. The molecule has 0 saturated heterocycles. The fourth-order valence-corrected chi connectivity index (χ4v) is 1.87. The maximum absolute atomic E-state index is 8.76. The van der Waals surface area contributed by atoms with Gasteiger partial charge in [-0.05, 0) is 30.3 Å². The second kappa shape index (κ2) is 5.74. The molecule has 0 radical (unpaired) electrons. The second-order valence-electron chi connectivity index (χ2n) is 3.99. The highest BCUT2D eigenvalue weighted by atomic mass is 15.1. The van der Waals surface area contributed by atoms with Crippen molar-refractivity contribution in [3.05, 3.63) is 54.6 Å². The molecule has 2 aromatic rings. The van der Waals surface area contributed by atoms with Gasteiger partial charge in [0.1, 0.15) is 0 Å². The quantitative estimate of drug-likeness (QED) is 0.830. The Hall–Kier alpha value is -2.47. The van der Waals surface area contributed by atoms with E-state index < -0.39 is 0 Å². The molecule has 0 saturated carbocycles. The number of nitrogens with zero attached hydrogens (tertiary/aromatic N) is 2. The molecule has 0 aliphatic carbocycles. The highest BCUT2D eigenvalue weighted by Gasteiger charge is 2.08. The number of nitrogens with two attached hydrogens (primary N) is 1. The Balaban J connectivity index is 2.34. The minimum atomic E-state index is 0.476. The van der Waals surface area contributed by atoms with Crippen LogP contribution < -0.4 is 10.6 Å². The third kappa shape index (κ3) is 2.80. The molecule has 0 heterocycles. The van der Waals surface area contributed by atoms with E-state index in [2.05, 4.69) is 11.0 Å². The van der Waals surface area contributed by atoms with Crippen LogP contribution in [0.3, 0.4) is 0 Å². The van der Waals surface area contributed by atoms with E-state index in [9.17, 15) is 0 Å². The van der Waals surface area contributed by atoms with Gasteiger partial charge in [-0.2, -0.15) is 5.26 Å². The summed E-state index contributed by atoms with van der Waals surface area (Å²) in [6.07, 6.45) is 0.476. The largest absolute Gasteiger partial charge is 0.399 e. The summed E-state index contributed by atoms with van der Waals surface area (Å²) in [5, 5.41) is 8.76. The van der Waals surface area contributed by atoms with Crippen LogP contribution in [0.25, 0.3) is 0 Å². The van der Waals surface area contributed by atoms with Gasteiger partial charge in [-0.15, -0.1) is 0 Å². The lowest BCUT2D eigenvalue weighted by Gasteiger charge is -2.24. The van der Waals surface area contributed by atoms with Crippen molar-refractivity contribution in [2.45, 2.75) is 6.42 Å². The lowest BCUT2D eigenvalue weighted by molar-refractivity contribution is 0.948. The number of nitrogen functional groups attached to an aromatic ring is 1. The van der Waals surface area contributed by atoms with E-state index in [1.165, 1.54) is 0 Å². The van der Waals surface area contributed by atoms with Crippen molar-refractivity contribution in [2.24, 2.45) is 0 Å². The predicted molar refractivity (Wildman–Crippen MR) is 74.5 cm³/mol. The molecule has 0 aliphatic rings. The van der Waals surface area contributed by atoms with Gasteiger partial charge in [0.25, 0.3) is 0 Å². The molecule has 3 heteroatoms. The number of nitriles is 1. The Morgan fingerprint density at radius 1 is 1.00 bits per heavy atom. The summed E-state index contributed by atoms with van der Waals surface area (Å²) in [5.74, 6) is 0. The van der Waals surface area contributed by atoms with Crippen LogP contribution in [-0.2, 0) is 0 Å². The van der Waals surface area contributed by atoms with Crippen molar-refractivity contribution in [1.82, 2.24) is 0 Å². The standard InChI is InChI=1S/C15H15N3/c16-10-5-11-18(14-7-2-1-3-8-14)15-9-4-6-13(17)12-15/h1-4,6-9,12H,5,11,17H2. The molecule has 0 unspecified atom stereocenters. The fraction of sp³-hybridized carbons (Fsp3) is 0.133. The number of hydrogen-bond acceptors (Lipinski definition) is 3. The van der Waals surface area contributed by atoms with E-state index in [4.69, 9.17) is 11.0 Å². The van der Waals surface area contributed by atoms with Crippen LogP contribution in [0.5, 0.6) is 0 Å². The first kappa shape index (κ1) is 12.0. The molecule has 0 amide bonds. The summed E-state index contributed by atoms with van der Waals surface area (Å²) in [7, 11) is 0. The molecule has 0 aliphatic heterocycles. The molecule has 2 rings (SSSR count). The van der Waals surface area contributed by atoms with Crippen molar-refractivity contribution in [2.75, 3.05) is 17.2 Å². The molecule has 3 nitrogen and oxygen atoms in total. The van der Waals surface area contributed by atoms with Crippen LogP contribution in [0.15, 0.2) is 54.6 Å². The first-order valence-corrected chi connectivity index (χ1v) is 5.86. The fourth-order valence-electron chi connectivity index (χ4n) is 1.87. The molecule has 0 fully saturated rings. The third-order valence-electron chi connectivity index (χ3n) is 2.70. The van der Waals surface area contributed by atoms with Gasteiger partial charge in [-0.25, -0.2) is 0 Å². The van der Waals surface area contributed by atoms with Gasteiger partial charge < -0.3 is 10.6 Å². The van der Waals surface area contributed by atoms with Crippen LogP contribution in [0.4, 0.5) is 17.1 Å². The summed E-state index contributed by atoms with van der Waals surface area (Å²) < 4.78 is 0. The number of anilines is 3. The molecule has 18 heavy (non-hydrogen) atoms. The Morgan fingerprint density at radius 3 is 2.39 bits per heavy atom. The minimum absolute atomic E-state index is 0.476. The predicted octanol–water partition coefficient (Wildman–Crippen LogP) is 3.32. The topological polar surface area (TPSA) is 53.0 Å². The Morgan fingerprint density at radius 2 is 1.72 bits per heavy atom. The normalized spacial score (nSPS) is 9.72. The van der Waals surface area contributed by atoms with Crippen LogP contribution in [-0.4, -0.2) is 6.54 Å². The van der Waals surface area contributed by atoms with E-state index >= 15 is 0 Å². The highest BCUT2D eigenvalue weighted by molar-refractivity contribution is 5.66. The molecule has 0 spiro atoms. The molecular formula is C15H15N3. The first-order valence-electron chi connectivity index (χ1n) is 5.86. The lowest BCUT2D eigenvalue weighted by Crippen LogP contribution is -2.18. The van der Waals surface area contributed by atoms with E-state index in [0.29, 0.717) is 13.0 Å². The molecule has 2 aromatic carbocycles. The van der Waals surface area contributed by atoms with Gasteiger partial charge in [-0.3, -0.25) is 0 Å². The third-order valence-corrected chi connectivity index (χ3v) is 2.70. The van der Waals surface area contributed by atoms with Crippen LogP contribution in [0.2, 0.25) is 0 Å². The van der Waals surface area contributed by atoms with E-state index in [1.54, 1.807) is 0 Å². The average molecular weight is 237 g/mol. The average Bonchev–Trinajstić information content (AvgIpc) is 2.40. The number of rotatable bonds is 4. The Kier molecular flexibility index (Phi) is 3.83. The van der Waals surface area contributed by atoms with E-state index in [1.807, 2.05) is 54.6 Å².